The van der Waals surface area contributed by atoms with Gasteiger partial charge in [0.15, 0.2) is 11.4 Å². The number of nitrogens with zero attached hydrogens (tertiary/aromatic N) is 1. The lowest BCUT2D eigenvalue weighted by atomic mass is 10.4. The highest BCUT2D eigenvalue weighted by atomic mass is 79.9. The molecule has 84 valence electrons. The number of alkyl halides is 2. The molecular weight excluding hydrogens is 326 g/mol. The molecule has 0 aliphatic heterocycles. The fourth-order valence-corrected chi connectivity index (χ4v) is 1.42. The van der Waals surface area contributed by atoms with E-state index in [1.165, 1.54) is 0 Å². The molecule has 3 nitrogen and oxygen atoms in total. The second-order valence-corrected chi connectivity index (χ2v) is 4.68. The fourth-order valence-electron chi connectivity index (χ4n) is 0.901. The van der Waals surface area contributed by atoms with Crippen LogP contribution < -0.4 is 22.7 Å². The van der Waals surface area contributed by atoms with Gasteiger partial charge in [0, 0.05) is 6.07 Å². The van der Waals surface area contributed by atoms with Crippen LogP contribution in [0.4, 0.5) is 5.82 Å². The van der Waals surface area contributed by atoms with Crippen molar-refractivity contribution in [2.75, 3.05) is 5.73 Å². The van der Waals surface area contributed by atoms with Gasteiger partial charge < -0.3 is 12.4 Å². The Hall–Kier alpha value is -0.0300. The molecule has 2 N–H and O–H groups in total. The Balaban J connectivity index is 0.00000196. The normalized spacial score (nSPS) is 9.87. The number of aromatic nitrogens is 1. The van der Waals surface area contributed by atoms with Crippen LogP contribution in [0.15, 0.2) is 22.8 Å². The third kappa shape index (κ3) is 4.55. The summed E-state index contributed by atoms with van der Waals surface area (Å²) < 4.78 is 2.41. The van der Waals surface area contributed by atoms with Crippen molar-refractivity contribution in [2.24, 2.45) is 0 Å². The molecule has 1 aromatic heterocycles. The first-order chi connectivity index (χ1) is 6.50. The van der Waals surface area contributed by atoms with E-state index in [1.807, 2.05) is 0 Å². The van der Waals surface area contributed by atoms with Gasteiger partial charge in [0.1, 0.15) is 6.20 Å². The Labute approximate surface area is 112 Å². The Morgan fingerprint density at radius 1 is 1.53 bits per heavy atom. The Kier molecular flexibility index (Phi) is 6.52. The lowest BCUT2D eigenvalue weighted by Crippen LogP contribution is -3.00. The monoisotopic (exact) mass is 332 g/mol. The lowest BCUT2D eigenvalue weighted by molar-refractivity contribution is -0.670. The van der Waals surface area contributed by atoms with Crippen molar-refractivity contribution < 1.29 is 21.8 Å². The van der Waals surface area contributed by atoms with Crippen LogP contribution in [0, 0.1) is 0 Å². The lowest BCUT2D eigenvalue weighted by Gasteiger charge is -2.03. The summed E-state index contributed by atoms with van der Waals surface area (Å²) in [5, 5.41) is 0. The van der Waals surface area contributed by atoms with Crippen LogP contribution in [0.1, 0.15) is 0 Å². The number of carbonyl (C=O) groups is 1. The van der Waals surface area contributed by atoms with Crippen LogP contribution in [0.5, 0.6) is 0 Å². The molecule has 0 aliphatic rings. The Morgan fingerprint density at radius 3 is 2.67 bits per heavy atom. The minimum absolute atomic E-state index is 0. The number of carbonyl (C=O) groups excluding carboxylic acids is 1. The van der Waals surface area contributed by atoms with E-state index in [1.54, 1.807) is 22.9 Å². The van der Waals surface area contributed by atoms with Gasteiger partial charge in [-0.3, -0.25) is 10.5 Å². The minimum atomic E-state index is -1.01. The van der Waals surface area contributed by atoms with Gasteiger partial charge in [0.25, 0.3) is 5.82 Å². The van der Waals surface area contributed by atoms with Crippen molar-refractivity contribution in [3.05, 3.63) is 22.8 Å². The average Bonchev–Trinajstić information content (AvgIpc) is 2.11. The SMILES string of the molecule is Nc1ccc(Br)c[n+]1CC(=O)C(Cl)Cl.[Cl-]. The van der Waals surface area contributed by atoms with Gasteiger partial charge in [0.05, 0.1) is 4.47 Å². The summed E-state index contributed by atoms with van der Waals surface area (Å²) in [6.45, 7) is 0.0724. The van der Waals surface area contributed by atoms with Crippen LogP contribution in [0.25, 0.3) is 0 Å². The van der Waals surface area contributed by atoms with Gasteiger partial charge in [-0.1, -0.05) is 23.2 Å². The van der Waals surface area contributed by atoms with E-state index in [0.29, 0.717) is 5.82 Å². The van der Waals surface area contributed by atoms with Crippen molar-refractivity contribution in [3.63, 3.8) is 0 Å². The predicted molar refractivity (Wildman–Crippen MR) is 59.3 cm³/mol. The number of ketones is 1. The van der Waals surface area contributed by atoms with Gasteiger partial charge in [-0.15, -0.1) is 0 Å². The van der Waals surface area contributed by atoms with Crippen LogP contribution in [-0.4, -0.2) is 10.6 Å². The highest BCUT2D eigenvalue weighted by Crippen LogP contribution is 2.08. The molecule has 0 aliphatic carbocycles. The number of halogens is 4. The van der Waals surface area contributed by atoms with Crippen molar-refractivity contribution in [3.8, 4) is 0 Å². The van der Waals surface area contributed by atoms with Crippen LogP contribution in [0.3, 0.4) is 0 Å². The first kappa shape index (κ1) is 15.0. The summed E-state index contributed by atoms with van der Waals surface area (Å²) in [7, 11) is 0. The van der Waals surface area contributed by atoms with Gasteiger partial charge in [0.2, 0.25) is 5.78 Å². The summed E-state index contributed by atoms with van der Waals surface area (Å²) >= 11 is 14.1. The number of Topliss-reactive ketones (excluding diaryl/α,β-unsaturated/α-hetero) is 1. The first-order valence-corrected chi connectivity index (χ1v) is 5.42. The topological polar surface area (TPSA) is 47.0 Å². The quantitative estimate of drug-likeness (QED) is 0.552. The van der Waals surface area contributed by atoms with Crippen LogP contribution in [0.2, 0.25) is 0 Å². The van der Waals surface area contributed by atoms with Crippen LogP contribution in [-0.2, 0) is 11.3 Å². The van der Waals surface area contributed by atoms with Gasteiger partial charge in [-0.2, -0.15) is 0 Å². The second-order valence-electron chi connectivity index (χ2n) is 2.67. The van der Waals surface area contributed by atoms with Crippen molar-refractivity contribution in [1.82, 2.24) is 0 Å². The van der Waals surface area contributed by atoms with Crippen molar-refractivity contribution >= 4 is 50.7 Å². The standard InChI is InChI=1S/C8H7BrCl2N2O.ClH/c9-5-1-2-7(12)13(3-5)4-6(14)8(10)11;/h1-3,8,12H,4H2;1H. The smallest absolute Gasteiger partial charge is 0.272 e. The molecule has 0 radical (unpaired) electrons. The van der Waals surface area contributed by atoms with Gasteiger partial charge in [-0.25, -0.2) is 4.57 Å². The zero-order chi connectivity index (χ0) is 10.7. The summed E-state index contributed by atoms with van der Waals surface area (Å²) in [5.41, 5.74) is 5.64. The van der Waals surface area contributed by atoms with E-state index < -0.39 is 4.84 Å². The molecule has 15 heavy (non-hydrogen) atoms. The molecule has 0 saturated heterocycles. The van der Waals surface area contributed by atoms with E-state index in [0.717, 1.165) is 4.47 Å². The summed E-state index contributed by atoms with van der Waals surface area (Å²) in [6, 6.07) is 3.48. The molecule has 0 aromatic carbocycles. The molecule has 0 amide bonds. The molecule has 1 rings (SSSR count). The number of hydrogen-bond acceptors (Lipinski definition) is 2. The van der Waals surface area contributed by atoms with Gasteiger partial charge in [-0.05, 0) is 22.0 Å². The minimum Gasteiger partial charge on any atom is -1.00 e. The number of nitrogen functional groups attached to an aromatic ring is 1. The van der Waals surface area contributed by atoms with E-state index in [-0.39, 0.29) is 24.7 Å². The zero-order valence-corrected chi connectivity index (χ0v) is 11.3. The van der Waals surface area contributed by atoms with Crippen molar-refractivity contribution in [2.45, 2.75) is 11.4 Å². The molecule has 7 heteroatoms. The fraction of sp³-hybridized carbons (Fsp3) is 0.250. The maximum absolute atomic E-state index is 11.2. The number of pyridine rings is 1. The Morgan fingerprint density at radius 2 is 2.13 bits per heavy atom. The molecule has 0 bridgehead atoms. The number of hydrogen-bond donors (Lipinski definition) is 1. The summed E-state index contributed by atoms with van der Waals surface area (Å²) in [6.07, 6.45) is 1.70. The van der Waals surface area contributed by atoms with E-state index in [9.17, 15) is 4.79 Å². The summed E-state index contributed by atoms with van der Waals surface area (Å²) in [4.78, 5) is 10.2. The third-order valence-corrected chi connectivity index (χ3v) is 2.55. The first-order valence-electron chi connectivity index (χ1n) is 3.76. The Bertz CT molecular complexity index is 360. The highest BCUT2D eigenvalue weighted by molar-refractivity contribution is 9.10. The molecule has 0 atom stereocenters. The van der Waals surface area contributed by atoms with Crippen LogP contribution >= 0.6 is 39.1 Å². The largest absolute Gasteiger partial charge is 1.00 e. The zero-order valence-electron chi connectivity index (χ0n) is 7.46. The molecular formula is C8H8BrCl3N2O. The molecule has 0 unspecified atom stereocenters. The van der Waals surface area contributed by atoms with E-state index in [2.05, 4.69) is 15.9 Å². The molecule has 1 heterocycles. The maximum atomic E-state index is 11.2. The van der Waals surface area contributed by atoms with E-state index in [4.69, 9.17) is 28.9 Å². The third-order valence-electron chi connectivity index (χ3n) is 1.59. The van der Waals surface area contributed by atoms with Gasteiger partial charge >= 0.3 is 0 Å². The highest BCUT2D eigenvalue weighted by Gasteiger charge is 2.16. The summed E-state index contributed by atoms with van der Waals surface area (Å²) in [5.74, 6) is 0.193. The molecule has 0 saturated carbocycles. The van der Waals surface area contributed by atoms with Crippen molar-refractivity contribution in [1.29, 1.82) is 0 Å². The number of anilines is 1. The number of rotatable bonds is 3. The molecule has 0 fully saturated rings. The average molecular weight is 334 g/mol. The molecule has 1 aromatic rings. The van der Waals surface area contributed by atoms with E-state index >= 15 is 0 Å². The maximum Gasteiger partial charge on any atom is 0.272 e. The predicted octanol–water partition coefficient (Wildman–Crippen LogP) is -1.30. The second kappa shape index (κ2) is 6.53. The number of nitrogens with two attached hydrogens (primary N) is 1. The molecule has 0 spiro atoms.